The summed E-state index contributed by atoms with van der Waals surface area (Å²) in [5, 5.41) is 6.76. The molecule has 0 heterocycles. The quantitative estimate of drug-likeness (QED) is 0.407. The topological polar surface area (TPSA) is 68.8 Å². The molecule has 0 aliphatic heterocycles. The van der Waals surface area contributed by atoms with E-state index in [4.69, 9.17) is 21.7 Å². The molecule has 23 heavy (non-hydrogen) atoms. The summed E-state index contributed by atoms with van der Waals surface area (Å²) in [6.45, 7) is 0.744. The average Bonchev–Trinajstić information content (AvgIpc) is 2.57. The van der Waals surface area contributed by atoms with Gasteiger partial charge in [0.05, 0.1) is 21.3 Å². The molecule has 7 heteroatoms. The first-order valence-electron chi connectivity index (χ1n) is 7.43. The van der Waals surface area contributed by atoms with Crippen molar-refractivity contribution in [3.05, 3.63) is 18.2 Å². The molecule has 0 amide bonds. The fourth-order valence-electron chi connectivity index (χ4n) is 1.93. The average molecular weight is 340 g/mol. The van der Waals surface area contributed by atoms with Gasteiger partial charge in [-0.2, -0.15) is 0 Å². The molecule has 0 bridgehead atoms. The van der Waals surface area contributed by atoms with Crippen LogP contribution in [0.3, 0.4) is 0 Å². The number of nitrogens with one attached hydrogen (secondary N) is 2. The van der Waals surface area contributed by atoms with E-state index in [-0.39, 0.29) is 5.97 Å². The fraction of sp³-hybridized carbons (Fsp3) is 0.500. The van der Waals surface area contributed by atoms with Crippen LogP contribution < -0.4 is 20.1 Å². The lowest BCUT2D eigenvalue weighted by Gasteiger charge is -2.12. The van der Waals surface area contributed by atoms with Crippen molar-refractivity contribution >= 4 is 29.0 Å². The van der Waals surface area contributed by atoms with Crippen LogP contribution in [0.1, 0.15) is 25.7 Å². The Morgan fingerprint density at radius 1 is 1.04 bits per heavy atom. The first kappa shape index (κ1) is 19.0. The summed E-state index contributed by atoms with van der Waals surface area (Å²) < 4.78 is 15.0. The van der Waals surface area contributed by atoms with Crippen LogP contribution in [0.4, 0.5) is 5.69 Å². The molecule has 0 radical (unpaired) electrons. The van der Waals surface area contributed by atoms with E-state index >= 15 is 0 Å². The first-order chi connectivity index (χ1) is 11.1. The van der Waals surface area contributed by atoms with E-state index in [1.54, 1.807) is 20.3 Å². The van der Waals surface area contributed by atoms with Crippen LogP contribution in [0.2, 0.25) is 0 Å². The van der Waals surface area contributed by atoms with Crippen LogP contribution in [-0.2, 0) is 9.53 Å². The van der Waals surface area contributed by atoms with Gasteiger partial charge in [0.25, 0.3) is 0 Å². The van der Waals surface area contributed by atoms with Gasteiger partial charge in [0, 0.05) is 36.9 Å². The highest BCUT2D eigenvalue weighted by atomic mass is 32.1. The summed E-state index contributed by atoms with van der Waals surface area (Å²) in [6, 6.07) is 5.47. The number of unbranched alkanes of at least 4 members (excludes halogenated alkanes) is 2. The minimum atomic E-state index is -0.165. The lowest BCUT2D eigenvalue weighted by Crippen LogP contribution is -2.29. The van der Waals surface area contributed by atoms with Crippen LogP contribution >= 0.6 is 12.2 Å². The molecule has 128 valence electrons. The summed E-state index contributed by atoms with van der Waals surface area (Å²) in [5.41, 5.74) is 0.796. The van der Waals surface area contributed by atoms with E-state index in [2.05, 4.69) is 15.4 Å². The zero-order valence-electron chi connectivity index (χ0n) is 13.8. The third kappa shape index (κ3) is 7.69. The van der Waals surface area contributed by atoms with E-state index in [1.807, 2.05) is 12.1 Å². The molecule has 2 N–H and O–H groups in total. The Bertz CT molecular complexity index is 501. The maximum Gasteiger partial charge on any atom is 0.305 e. The summed E-state index contributed by atoms with van der Waals surface area (Å²) in [6.07, 6.45) is 3.16. The molecule has 0 atom stereocenters. The van der Waals surface area contributed by atoms with E-state index < -0.39 is 0 Å². The molecule has 0 saturated heterocycles. The zero-order valence-corrected chi connectivity index (χ0v) is 14.6. The van der Waals surface area contributed by atoms with Crippen LogP contribution in [0.15, 0.2) is 18.2 Å². The van der Waals surface area contributed by atoms with Crippen molar-refractivity contribution in [1.29, 1.82) is 0 Å². The number of carbonyl (C=O) groups is 1. The van der Waals surface area contributed by atoms with Gasteiger partial charge in [-0.3, -0.25) is 4.79 Å². The van der Waals surface area contributed by atoms with Crippen LogP contribution in [0.5, 0.6) is 11.5 Å². The number of methoxy groups -OCH3 is 3. The van der Waals surface area contributed by atoms with E-state index in [1.165, 1.54) is 7.11 Å². The second kappa shape index (κ2) is 10.7. The monoisotopic (exact) mass is 340 g/mol. The molecular weight excluding hydrogens is 316 g/mol. The van der Waals surface area contributed by atoms with Crippen molar-refractivity contribution in [2.24, 2.45) is 0 Å². The van der Waals surface area contributed by atoms with Gasteiger partial charge in [-0.25, -0.2) is 0 Å². The maximum atomic E-state index is 11.0. The molecule has 0 aromatic heterocycles. The summed E-state index contributed by atoms with van der Waals surface area (Å²) in [5.74, 6) is 1.22. The lowest BCUT2D eigenvalue weighted by molar-refractivity contribution is -0.140. The van der Waals surface area contributed by atoms with Gasteiger partial charge >= 0.3 is 5.97 Å². The Morgan fingerprint density at radius 3 is 2.26 bits per heavy atom. The first-order valence-corrected chi connectivity index (χ1v) is 7.84. The Morgan fingerprint density at radius 2 is 1.70 bits per heavy atom. The number of anilines is 1. The van der Waals surface area contributed by atoms with Gasteiger partial charge in [-0.1, -0.05) is 6.42 Å². The minimum Gasteiger partial charge on any atom is -0.497 e. The third-order valence-electron chi connectivity index (χ3n) is 3.18. The number of carbonyl (C=O) groups excluding carboxylic acids is 1. The third-order valence-corrected chi connectivity index (χ3v) is 3.43. The smallest absolute Gasteiger partial charge is 0.305 e. The van der Waals surface area contributed by atoms with Crippen LogP contribution in [0, 0.1) is 0 Å². The highest BCUT2D eigenvalue weighted by Crippen LogP contribution is 2.25. The van der Waals surface area contributed by atoms with Crippen molar-refractivity contribution in [3.63, 3.8) is 0 Å². The predicted octanol–water partition coefficient (Wildman–Crippen LogP) is 2.72. The molecule has 0 spiro atoms. The number of esters is 1. The molecule has 1 rings (SSSR count). The van der Waals surface area contributed by atoms with Crippen molar-refractivity contribution in [1.82, 2.24) is 5.32 Å². The van der Waals surface area contributed by atoms with Crippen molar-refractivity contribution < 1.29 is 19.0 Å². The minimum absolute atomic E-state index is 0.165. The van der Waals surface area contributed by atoms with E-state index in [0.717, 1.165) is 31.5 Å². The second-order valence-electron chi connectivity index (χ2n) is 4.87. The summed E-state index contributed by atoms with van der Waals surface area (Å²) in [4.78, 5) is 11.0. The van der Waals surface area contributed by atoms with Gasteiger partial charge in [-0.15, -0.1) is 0 Å². The highest BCUT2D eigenvalue weighted by Gasteiger charge is 2.04. The fourth-order valence-corrected chi connectivity index (χ4v) is 2.15. The van der Waals surface area contributed by atoms with Crippen molar-refractivity contribution in [3.8, 4) is 11.5 Å². The summed E-state index contributed by atoms with van der Waals surface area (Å²) in [7, 11) is 4.61. The molecule has 1 aromatic rings. The molecule has 6 nitrogen and oxygen atoms in total. The Hall–Kier alpha value is -2.02. The number of hydrogen-bond acceptors (Lipinski definition) is 5. The van der Waals surface area contributed by atoms with Gasteiger partial charge in [-0.05, 0) is 25.1 Å². The van der Waals surface area contributed by atoms with Crippen LogP contribution in [0.25, 0.3) is 0 Å². The second-order valence-corrected chi connectivity index (χ2v) is 5.28. The summed E-state index contributed by atoms with van der Waals surface area (Å²) >= 11 is 5.26. The van der Waals surface area contributed by atoms with Crippen LogP contribution in [-0.4, -0.2) is 39.0 Å². The Balaban J connectivity index is 2.30. The number of hydrogen-bond donors (Lipinski definition) is 2. The predicted molar refractivity (Wildman–Crippen MR) is 94.3 cm³/mol. The molecule has 1 aromatic carbocycles. The molecule has 0 unspecified atom stereocenters. The van der Waals surface area contributed by atoms with E-state index in [9.17, 15) is 4.79 Å². The Kier molecular flexibility index (Phi) is 8.82. The lowest BCUT2D eigenvalue weighted by atomic mass is 10.2. The van der Waals surface area contributed by atoms with Gasteiger partial charge < -0.3 is 24.8 Å². The van der Waals surface area contributed by atoms with Gasteiger partial charge in [0.2, 0.25) is 0 Å². The largest absolute Gasteiger partial charge is 0.497 e. The van der Waals surface area contributed by atoms with E-state index in [0.29, 0.717) is 23.0 Å². The zero-order chi connectivity index (χ0) is 17.1. The number of ether oxygens (including phenoxy) is 3. The molecule has 0 saturated carbocycles. The number of thiocarbonyl (C=S) groups is 1. The normalized spacial score (nSPS) is 9.87. The SMILES string of the molecule is COC(=O)CCCCCNC(=S)Nc1cc(OC)cc(OC)c1. The standard InChI is InChI=1S/C16H24N2O4S/c1-20-13-9-12(10-14(11-13)21-2)18-16(23)17-8-6-4-5-7-15(19)22-3/h9-11H,4-8H2,1-3H3,(H2,17,18,23). The van der Waals surface area contributed by atoms with Crippen molar-refractivity contribution in [2.75, 3.05) is 33.2 Å². The van der Waals surface area contributed by atoms with Gasteiger partial charge in [0.15, 0.2) is 5.11 Å². The molecule has 0 aliphatic rings. The van der Waals surface area contributed by atoms with Crippen molar-refractivity contribution in [2.45, 2.75) is 25.7 Å². The highest BCUT2D eigenvalue weighted by molar-refractivity contribution is 7.80. The maximum absolute atomic E-state index is 11.0. The number of benzene rings is 1. The molecule has 0 aliphatic carbocycles. The number of rotatable bonds is 9. The molecule has 0 fully saturated rings. The molecular formula is C16H24N2O4S. The Labute approximate surface area is 142 Å². The van der Waals surface area contributed by atoms with Gasteiger partial charge in [0.1, 0.15) is 11.5 Å².